The summed E-state index contributed by atoms with van der Waals surface area (Å²) in [5.41, 5.74) is 1.22. The van der Waals surface area contributed by atoms with Crippen molar-refractivity contribution in [3.63, 3.8) is 0 Å². The van der Waals surface area contributed by atoms with Crippen LogP contribution in [-0.2, 0) is 0 Å². The fraction of sp³-hybridized carbons (Fsp3) is 0.400. The predicted octanol–water partition coefficient (Wildman–Crippen LogP) is 3.79. The summed E-state index contributed by atoms with van der Waals surface area (Å²) in [4.78, 5) is 26.9. The Balaban J connectivity index is 1.45. The molecule has 2 aliphatic rings. The molecule has 2 aromatic rings. The van der Waals surface area contributed by atoms with E-state index in [1.807, 2.05) is 11.0 Å². The molecule has 0 radical (unpaired) electrons. The monoisotopic (exact) mass is 338 g/mol. The van der Waals surface area contributed by atoms with E-state index in [2.05, 4.69) is 5.32 Å². The molecular formula is C20H22N2O3. The smallest absolute Gasteiger partial charge is 0.291 e. The van der Waals surface area contributed by atoms with Crippen LogP contribution in [0.5, 0.6) is 0 Å². The van der Waals surface area contributed by atoms with Crippen LogP contribution in [0.3, 0.4) is 0 Å². The molecule has 1 saturated carbocycles. The Bertz CT molecular complexity index is 755. The summed E-state index contributed by atoms with van der Waals surface area (Å²) in [6, 6.07) is 10.4. The number of furan rings is 1. The number of anilines is 1. The van der Waals surface area contributed by atoms with E-state index in [0.717, 1.165) is 13.1 Å². The van der Waals surface area contributed by atoms with Crippen LogP contribution < -0.4 is 5.32 Å². The topological polar surface area (TPSA) is 62.6 Å². The Morgan fingerprint density at radius 3 is 2.48 bits per heavy atom. The zero-order chi connectivity index (χ0) is 17.2. The second kappa shape index (κ2) is 6.75. The molecule has 1 aliphatic heterocycles. The Morgan fingerprint density at radius 2 is 1.80 bits per heavy atom. The van der Waals surface area contributed by atoms with Crippen LogP contribution in [0.2, 0.25) is 0 Å². The van der Waals surface area contributed by atoms with Crippen LogP contribution in [0.25, 0.3) is 0 Å². The zero-order valence-corrected chi connectivity index (χ0v) is 14.1. The molecule has 2 fully saturated rings. The van der Waals surface area contributed by atoms with Crippen molar-refractivity contribution in [3.05, 3.63) is 54.0 Å². The van der Waals surface area contributed by atoms with Gasteiger partial charge in [-0.05, 0) is 55.0 Å². The number of hydrogen-bond donors (Lipinski definition) is 1. The molecule has 1 N–H and O–H groups in total. The number of likely N-dealkylation sites (tertiary alicyclic amines) is 1. The molecular weight excluding hydrogens is 316 g/mol. The van der Waals surface area contributed by atoms with Gasteiger partial charge in [0.1, 0.15) is 0 Å². The fourth-order valence-corrected chi connectivity index (χ4v) is 4.08. The quantitative estimate of drug-likeness (QED) is 0.926. The molecule has 0 bridgehead atoms. The zero-order valence-electron chi connectivity index (χ0n) is 14.1. The summed E-state index contributed by atoms with van der Waals surface area (Å²) in [6.45, 7) is 1.74. The Morgan fingerprint density at radius 1 is 1.04 bits per heavy atom. The normalized spacial score (nSPS) is 22.5. The van der Waals surface area contributed by atoms with Gasteiger partial charge in [0.15, 0.2) is 5.76 Å². The van der Waals surface area contributed by atoms with Gasteiger partial charge in [-0.25, -0.2) is 0 Å². The van der Waals surface area contributed by atoms with Crippen molar-refractivity contribution in [1.82, 2.24) is 4.90 Å². The van der Waals surface area contributed by atoms with Crippen LogP contribution in [0.4, 0.5) is 5.69 Å². The maximum Gasteiger partial charge on any atom is 0.291 e. The van der Waals surface area contributed by atoms with Gasteiger partial charge in [0.2, 0.25) is 0 Å². The third kappa shape index (κ3) is 3.31. The largest absolute Gasteiger partial charge is 0.459 e. The molecule has 2 heterocycles. The van der Waals surface area contributed by atoms with E-state index in [1.54, 1.807) is 30.3 Å². The van der Waals surface area contributed by atoms with E-state index in [0.29, 0.717) is 23.1 Å². The molecule has 0 unspecified atom stereocenters. The highest BCUT2D eigenvalue weighted by Crippen LogP contribution is 2.36. The van der Waals surface area contributed by atoms with E-state index in [9.17, 15) is 9.59 Å². The van der Waals surface area contributed by atoms with Gasteiger partial charge in [0.25, 0.3) is 11.8 Å². The highest BCUT2D eigenvalue weighted by molar-refractivity contribution is 6.03. The molecule has 1 aromatic carbocycles. The van der Waals surface area contributed by atoms with Crippen LogP contribution in [0, 0.1) is 11.8 Å². The van der Waals surface area contributed by atoms with Gasteiger partial charge in [-0.2, -0.15) is 0 Å². The van der Waals surface area contributed by atoms with Gasteiger partial charge in [0.05, 0.1) is 6.26 Å². The van der Waals surface area contributed by atoms with Gasteiger partial charge in [0, 0.05) is 24.3 Å². The number of carbonyl (C=O) groups excluding carboxylic acids is 2. The predicted molar refractivity (Wildman–Crippen MR) is 94.5 cm³/mol. The number of benzene rings is 1. The lowest BCUT2D eigenvalue weighted by Gasteiger charge is -2.22. The molecule has 2 atom stereocenters. The third-order valence-electron chi connectivity index (χ3n) is 5.38. The minimum Gasteiger partial charge on any atom is -0.459 e. The summed E-state index contributed by atoms with van der Waals surface area (Å²) in [5.74, 6) is 1.32. The van der Waals surface area contributed by atoms with Crippen molar-refractivity contribution >= 4 is 17.5 Å². The molecule has 0 spiro atoms. The van der Waals surface area contributed by atoms with Gasteiger partial charge < -0.3 is 14.6 Å². The molecule has 1 aromatic heterocycles. The highest BCUT2D eigenvalue weighted by Gasteiger charge is 2.36. The lowest BCUT2D eigenvalue weighted by Crippen LogP contribution is -2.29. The average Bonchev–Trinajstić information content (AvgIpc) is 3.30. The van der Waals surface area contributed by atoms with Crippen molar-refractivity contribution in [2.75, 3.05) is 18.4 Å². The number of fused-ring (bicyclic) bond motifs is 1. The second-order valence-corrected chi connectivity index (χ2v) is 7.03. The maximum absolute atomic E-state index is 12.9. The van der Waals surface area contributed by atoms with Gasteiger partial charge in [-0.3, -0.25) is 9.59 Å². The van der Waals surface area contributed by atoms with Crippen LogP contribution in [-0.4, -0.2) is 29.8 Å². The summed E-state index contributed by atoms with van der Waals surface area (Å²) in [7, 11) is 0. The van der Waals surface area contributed by atoms with Crippen molar-refractivity contribution in [2.45, 2.75) is 25.7 Å². The highest BCUT2D eigenvalue weighted by atomic mass is 16.3. The summed E-state index contributed by atoms with van der Waals surface area (Å²) < 4.78 is 5.09. The van der Waals surface area contributed by atoms with Crippen molar-refractivity contribution < 1.29 is 14.0 Å². The minimum atomic E-state index is -0.318. The Labute approximate surface area is 147 Å². The van der Waals surface area contributed by atoms with E-state index < -0.39 is 0 Å². The first-order valence-corrected chi connectivity index (χ1v) is 8.95. The molecule has 1 saturated heterocycles. The van der Waals surface area contributed by atoms with E-state index >= 15 is 0 Å². The van der Waals surface area contributed by atoms with Gasteiger partial charge in [-0.15, -0.1) is 0 Å². The van der Waals surface area contributed by atoms with Crippen LogP contribution >= 0.6 is 0 Å². The van der Waals surface area contributed by atoms with Crippen LogP contribution in [0.15, 0.2) is 47.1 Å². The first-order chi connectivity index (χ1) is 12.2. The van der Waals surface area contributed by atoms with Crippen molar-refractivity contribution in [2.24, 2.45) is 11.8 Å². The number of carbonyl (C=O) groups is 2. The summed E-state index contributed by atoms with van der Waals surface area (Å²) in [5, 5.41) is 2.78. The fourth-order valence-electron chi connectivity index (χ4n) is 4.08. The second-order valence-electron chi connectivity index (χ2n) is 7.03. The number of nitrogens with zero attached hydrogens (tertiary/aromatic N) is 1. The molecule has 25 heavy (non-hydrogen) atoms. The van der Waals surface area contributed by atoms with Gasteiger partial charge >= 0.3 is 0 Å². The molecule has 1 aliphatic carbocycles. The lowest BCUT2D eigenvalue weighted by molar-refractivity contribution is 0.0783. The maximum atomic E-state index is 12.9. The molecule has 5 nitrogen and oxygen atoms in total. The average molecular weight is 338 g/mol. The number of amides is 2. The van der Waals surface area contributed by atoms with E-state index in [4.69, 9.17) is 4.42 Å². The molecule has 5 heteroatoms. The van der Waals surface area contributed by atoms with Crippen molar-refractivity contribution in [3.8, 4) is 0 Å². The SMILES string of the molecule is O=C(Nc1cccc(C(=O)N2C[C@H]3CCCC[C@H]3C2)c1)c1ccco1. The molecule has 2 amide bonds. The van der Waals surface area contributed by atoms with Crippen molar-refractivity contribution in [1.29, 1.82) is 0 Å². The number of rotatable bonds is 3. The summed E-state index contributed by atoms with van der Waals surface area (Å²) >= 11 is 0. The van der Waals surface area contributed by atoms with E-state index in [1.165, 1.54) is 31.9 Å². The lowest BCUT2D eigenvalue weighted by atomic mass is 9.82. The van der Waals surface area contributed by atoms with E-state index in [-0.39, 0.29) is 17.6 Å². The third-order valence-corrected chi connectivity index (χ3v) is 5.38. The number of hydrogen-bond acceptors (Lipinski definition) is 3. The number of nitrogens with one attached hydrogen (secondary N) is 1. The first-order valence-electron chi connectivity index (χ1n) is 8.95. The van der Waals surface area contributed by atoms with Gasteiger partial charge in [-0.1, -0.05) is 18.9 Å². The minimum absolute atomic E-state index is 0.0588. The standard InChI is InChI=1S/C20H22N2O3/c23-19(18-9-4-10-25-18)21-17-8-3-7-14(11-17)20(24)22-12-15-5-1-2-6-16(15)13-22/h3-4,7-11,15-16H,1-2,5-6,12-13H2,(H,21,23)/t15-,16+. The molecule has 4 rings (SSSR count). The first kappa shape index (κ1) is 15.9. The van der Waals surface area contributed by atoms with Crippen LogP contribution in [0.1, 0.15) is 46.6 Å². The molecule has 130 valence electrons. The Kier molecular flexibility index (Phi) is 4.30. The Hall–Kier alpha value is -2.56. The summed E-state index contributed by atoms with van der Waals surface area (Å²) in [6.07, 6.45) is 6.53.